The molecule has 0 unspecified atom stereocenters. The molecule has 0 atom stereocenters. The molecule has 0 saturated heterocycles. The number of nitrogens with zero attached hydrogens (tertiary/aromatic N) is 4. The fourth-order valence-corrected chi connectivity index (χ4v) is 2.58. The van der Waals surface area contributed by atoms with Gasteiger partial charge in [0, 0.05) is 37.1 Å². The molecule has 2 aromatic heterocycles. The highest BCUT2D eigenvalue weighted by atomic mass is 16.2. The number of carbonyl (C=O) groups excluding carboxylic acids is 1. The number of hydrogen-bond acceptors (Lipinski definition) is 4. The molecule has 134 valence electrons. The lowest BCUT2D eigenvalue weighted by molar-refractivity contribution is 0.0954. The minimum Gasteiger partial charge on any atom is -0.318 e. The Bertz CT molecular complexity index is 832. The van der Waals surface area contributed by atoms with E-state index in [-0.39, 0.29) is 11.5 Å². The molecule has 2 heterocycles. The molecule has 7 heteroatoms. The van der Waals surface area contributed by atoms with Crippen LogP contribution in [0.15, 0.2) is 28.2 Å². The molecule has 2 rings (SSSR count). The second-order valence-electron chi connectivity index (χ2n) is 6.08. The Morgan fingerprint density at radius 1 is 1.32 bits per heavy atom. The summed E-state index contributed by atoms with van der Waals surface area (Å²) in [5.74, 6) is -0.363. The maximum Gasteiger partial charge on any atom is 0.272 e. The molecule has 1 N–H and O–H groups in total. The van der Waals surface area contributed by atoms with Gasteiger partial charge in [-0.05, 0) is 26.3 Å². The summed E-state index contributed by atoms with van der Waals surface area (Å²) >= 11 is 0. The second-order valence-corrected chi connectivity index (χ2v) is 6.08. The molecule has 2 aromatic rings. The van der Waals surface area contributed by atoms with E-state index < -0.39 is 0 Å². The standard InChI is InChI=1S/C18H25N5O2/c1-5-6-7-10-23-14(3)16(13(2)21-23)11-19-20-18(25)15-8-9-17(24)22(4)12-15/h8-9,11-12H,5-7,10H2,1-4H3,(H,20,25)/b19-11+. The number of hydrazone groups is 1. The number of carbonyl (C=O) groups is 1. The second kappa shape index (κ2) is 8.41. The smallest absolute Gasteiger partial charge is 0.272 e. The van der Waals surface area contributed by atoms with Crippen molar-refractivity contribution in [2.24, 2.45) is 12.1 Å². The number of nitrogens with one attached hydrogen (secondary N) is 1. The average molecular weight is 343 g/mol. The van der Waals surface area contributed by atoms with Gasteiger partial charge in [0.1, 0.15) is 0 Å². The van der Waals surface area contributed by atoms with Crippen LogP contribution >= 0.6 is 0 Å². The van der Waals surface area contributed by atoms with Crippen molar-refractivity contribution in [1.82, 2.24) is 19.8 Å². The molecule has 0 aromatic carbocycles. The quantitative estimate of drug-likeness (QED) is 0.475. The SMILES string of the molecule is CCCCCn1nc(C)c(/C=N/NC(=O)c2ccc(=O)n(C)c2)c1C. The fourth-order valence-electron chi connectivity index (χ4n) is 2.58. The molecule has 0 fully saturated rings. The van der Waals surface area contributed by atoms with Gasteiger partial charge in [0.2, 0.25) is 5.56 Å². The molecule has 0 bridgehead atoms. The van der Waals surface area contributed by atoms with Gasteiger partial charge >= 0.3 is 0 Å². The van der Waals surface area contributed by atoms with Crippen LogP contribution < -0.4 is 11.0 Å². The van der Waals surface area contributed by atoms with Crippen molar-refractivity contribution in [1.29, 1.82) is 0 Å². The summed E-state index contributed by atoms with van der Waals surface area (Å²) in [7, 11) is 1.60. The zero-order chi connectivity index (χ0) is 18.4. The van der Waals surface area contributed by atoms with E-state index in [1.165, 1.54) is 35.7 Å². The first-order valence-corrected chi connectivity index (χ1v) is 8.48. The summed E-state index contributed by atoms with van der Waals surface area (Å²) in [6.07, 6.45) is 6.55. The van der Waals surface area contributed by atoms with Gasteiger partial charge in [-0.1, -0.05) is 19.8 Å². The van der Waals surface area contributed by atoms with E-state index in [2.05, 4.69) is 22.5 Å². The van der Waals surface area contributed by atoms with Gasteiger partial charge in [-0.25, -0.2) is 5.43 Å². The Morgan fingerprint density at radius 3 is 2.76 bits per heavy atom. The Morgan fingerprint density at radius 2 is 2.08 bits per heavy atom. The van der Waals surface area contributed by atoms with Crippen LogP contribution in [0.5, 0.6) is 0 Å². The highest BCUT2D eigenvalue weighted by molar-refractivity contribution is 5.94. The lowest BCUT2D eigenvalue weighted by atomic mass is 10.2. The van der Waals surface area contributed by atoms with Crippen molar-refractivity contribution in [3.63, 3.8) is 0 Å². The van der Waals surface area contributed by atoms with Gasteiger partial charge in [0.05, 0.1) is 17.5 Å². The largest absolute Gasteiger partial charge is 0.318 e. The lowest BCUT2D eigenvalue weighted by Gasteiger charge is -2.03. The molecule has 0 aliphatic carbocycles. The maximum atomic E-state index is 12.1. The number of aryl methyl sites for hydroxylation is 3. The Balaban J connectivity index is 2.05. The molecule has 0 radical (unpaired) electrons. The molecular weight excluding hydrogens is 318 g/mol. The predicted octanol–water partition coefficient (Wildman–Crippen LogP) is 2.15. The predicted molar refractivity (Wildman–Crippen MR) is 98.0 cm³/mol. The van der Waals surface area contributed by atoms with E-state index in [4.69, 9.17) is 0 Å². The first-order valence-electron chi connectivity index (χ1n) is 8.48. The summed E-state index contributed by atoms with van der Waals surface area (Å²) in [5.41, 5.74) is 5.53. The van der Waals surface area contributed by atoms with Gasteiger partial charge in [-0.15, -0.1) is 0 Å². The fraction of sp³-hybridized carbons (Fsp3) is 0.444. The van der Waals surface area contributed by atoms with Crippen molar-refractivity contribution in [2.75, 3.05) is 0 Å². The van der Waals surface area contributed by atoms with Crippen LogP contribution in [-0.4, -0.2) is 26.5 Å². The third kappa shape index (κ3) is 4.65. The highest BCUT2D eigenvalue weighted by Crippen LogP contribution is 2.12. The summed E-state index contributed by atoms with van der Waals surface area (Å²) in [5, 5.41) is 8.57. The molecule has 7 nitrogen and oxygen atoms in total. The minimum absolute atomic E-state index is 0.165. The van der Waals surface area contributed by atoms with E-state index >= 15 is 0 Å². The van der Waals surface area contributed by atoms with Gasteiger partial charge in [-0.3, -0.25) is 14.3 Å². The number of aromatic nitrogens is 3. The first-order chi connectivity index (χ1) is 11.9. The third-order valence-corrected chi connectivity index (χ3v) is 4.12. The van der Waals surface area contributed by atoms with Crippen molar-refractivity contribution in [3.05, 3.63) is 51.2 Å². The lowest BCUT2D eigenvalue weighted by Crippen LogP contribution is -2.22. The molecule has 0 aliphatic heterocycles. The summed E-state index contributed by atoms with van der Waals surface area (Å²) in [6, 6.07) is 2.84. The summed E-state index contributed by atoms with van der Waals surface area (Å²) in [4.78, 5) is 23.4. The molecule has 1 amide bonds. The van der Waals surface area contributed by atoms with Crippen molar-refractivity contribution < 1.29 is 4.79 Å². The Hall–Kier alpha value is -2.70. The van der Waals surface area contributed by atoms with Crippen molar-refractivity contribution in [2.45, 2.75) is 46.6 Å². The molecule has 25 heavy (non-hydrogen) atoms. The van der Waals surface area contributed by atoms with E-state index in [1.807, 2.05) is 18.5 Å². The van der Waals surface area contributed by atoms with Crippen LogP contribution in [0.1, 0.15) is 53.5 Å². The zero-order valence-electron chi connectivity index (χ0n) is 15.2. The minimum atomic E-state index is -0.363. The molecule has 0 saturated carbocycles. The number of amides is 1. The summed E-state index contributed by atoms with van der Waals surface area (Å²) in [6.45, 7) is 6.99. The third-order valence-electron chi connectivity index (χ3n) is 4.12. The Kier molecular flexibility index (Phi) is 6.27. The Labute approximate surface area is 147 Å². The highest BCUT2D eigenvalue weighted by Gasteiger charge is 2.10. The summed E-state index contributed by atoms with van der Waals surface area (Å²) < 4.78 is 3.34. The number of unbranched alkanes of at least 4 members (excludes halogenated alkanes) is 2. The van der Waals surface area contributed by atoms with Gasteiger partial charge in [-0.2, -0.15) is 10.2 Å². The van der Waals surface area contributed by atoms with Gasteiger partial charge < -0.3 is 4.57 Å². The van der Waals surface area contributed by atoms with E-state index in [1.54, 1.807) is 13.3 Å². The topological polar surface area (TPSA) is 81.3 Å². The van der Waals surface area contributed by atoms with Gasteiger partial charge in [0.15, 0.2) is 0 Å². The van der Waals surface area contributed by atoms with Crippen LogP contribution in [-0.2, 0) is 13.6 Å². The monoisotopic (exact) mass is 343 g/mol. The first kappa shape index (κ1) is 18.6. The van der Waals surface area contributed by atoms with Crippen LogP contribution in [0.3, 0.4) is 0 Å². The van der Waals surface area contributed by atoms with E-state index in [9.17, 15) is 9.59 Å². The van der Waals surface area contributed by atoms with Crippen LogP contribution in [0.2, 0.25) is 0 Å². The van der Waals surface area contributed by atoms with Crippen LogP contribution in [0.25, 0.3) is 0 Å². The number of rotatable bonds is 7. The zero-order valence-corrected chi connectivity index (χ0v) is 15.2. The van der Waals surface area contributed by atoms with E-state index in [0.717, 1.165) is 29.9 Å². The maximum absolute atomic E-state index is 12.1. The molecular formula is C18H25N5O2. The number of hydrogen-bond donors (Lipinski definition) is 1. The molecule has 0 aliphatic rings. The van der Waals surface area contributed by atoms with Gasteiger partial charge in [0.25, 0.3) is 5.91 Å². The van der Waals surface area contributed by atoms with E-state index in [0.29, 0.717) is 5.56 Å². The average Bonchev–Trinajstić information content (AvgIpc) is 2.85. The van der Waals surface area contributed by atoms with Crippen LogP contribution in [0, 0.1) is 13.8 Å². The van der Waals surface area contributed by atoms with Crippen molar-refractivity contribution >= 4 is 12.1 Å². The number of pyridine rings is 1. The molecule has 0 spiro atoms. The normalized spacial score (nSPS) is 11.2. The van der Waals surface area contributed by atoms with Crippen molar-refractivity contribution in [3.8, 4) is 0 Å². The van der Waals surface area contributed by atoms with Crippen LogP contribution in [0.4, 0.5) is 0 Å².